The molecule has 1 heterocycles. The molecule has 1 aromatic heterocycles. The Morgan fingerprint density at radius 2 is 2.00 bits per heavy atom. The summed E-state index contributed by atoms with van der Waals surface area (Å²) >= 11 is 3.36. The van der Waals surface area contributed by atoms with E-state index in [0.717, 1.165) is 4.68 Å². The Labute approximate surface area is 167 Å². The lowest BCUT2D eigenvalue weighted by atomic mass is 10.2. The number of hydrogen-bond donors (Lipinski definition) is 1. The Bertz CT molecular complexity index is 1200. The number of esters is 1. The lowest BCUT2D eigenvalue weighted by Gasteiger charge is -2.11. The maximum atomic E-state index is 12.5. The molecule has 0 amide bonds. The number of aromatic amines is 1. The fraction of sp³-hybridized carbons (Fsp3) is 0.158. The van der Waals surface area contributed by atoms with Crippen LogP contribution < -0.4 is 20.7 Å². The second kappa shape index (κ2) is 8.22. The number of halogens is 1. The van der Waals surface area contributed by atoms with Crippen molar-refractivity contribution in [3.63, 3.8) is 0 Å². The number of nitrogens with zero attached hydrogens (tertiary/aromatic N) is 2. The number of fused-ring (bicyclic) bond motifs is 1. The van der Waals surface area contributed by atoms with Crippen LogP contribution in [0.25, 0.3) is 10.9 Å². The molecule has 0 bridgehead atoms. The first-order chi connectivity index (χ1) is 13.4. The molecule has 0 aliphatic heterocycles. The summed E-state index contributed by atoms with van der Waals surface area (Å²) in [5.41, 5.74) is -0.223. The standard InChI is InChI=1S/C19H16BrN3O5/c1-3-27-16-8-12(14(20)9-17(16)28-11(2)24)10-21-23-18(25)13-6-4-5-7-15(13)22-19(23)26/h4-10H,3H2,1-2H3,(H,22,26). The van der Waals surface area contributed by atoms with E-state index >= 15 is 0 Å². The van der Waals surface area contributed by atoms with Crippen molar-refractivity contribution < 1.29 is 14.3 Å². The Morgan fingerprint density at radius 3 is 2.71 bits per heavy atom. The number of rotatable bonds is 5. The molecule has 0 atom stereocenters. The van der Waals surface area contributed by atoms with Gasteiger partial charge in [0.2, 0.25) is 0 Å². The molecule has 0 aliphatic rings. The van der Waals surface area contributed by atoms with Crippen molar-refractivity contribution in [1.29, 1.82) is 0 Å². The predicted molar refractivity (Wildman–Crippen MR) is 108 cm³/mol. The summed E-state index contributed by atoms with van der Waals surface area (Å²) in [6.07, 6.45) is 1.34. The highest BCUT2D eigenvalue weighted by Crippen LogP contribution is 2.33. The zero-order valence-corrected chi connectivity index (χ0v) is 16.6. The average molecular weight is 446 g/mol. The van der Waals surface area contributed by atoms with Gasteiger partial charge in [-0.1, -0.05) is 12.1 Å². The molecule has 0 radical (unpaired) electrons. The topological polar surface area (TPSA) is 103 Å². The Balaban J connectivity index is 2.06. The molecule has 1 N–H and O–H groups in total. The monoisotopic (exact) mass is 445 g/mol. The van der Waals surface area contributed by atoms with Crippen molar-refractivity contribution in [2.24, 2.45) is 5.10 Å². The molecule has 0 aliphatic carbocycles. The molecular weight excluding hydrogens is 430 g/mol. The lowest BCUT2D eigenvalue weighted by Crippen LogP contribution is -2.32. The quantitative estimate of drug-likeness (QED) is 0.369. The molecular formula is C19H16BrN3O5. The van der Waals surface area contributed by atoms with Gasteiger partial charge in [0.05, 0.1) is 23.7 Å². The van der Waals surface area contributed by atoms with Gasteiger partial charge in [-0.25, -0.2) is 4.79 Å². The maximum Gasteiger partial charge on any atom is 0.349 e. The van der Waals surface area contributed by atoms with Crippen molar-refractivity contribution in [3.05, 3.63) is 67.3 Å². The summed E-state index contributed by atoms with van der Waals surface area (Å²) in [6, 6.07) is 9.83. The zero-order chi connectivity index (χ0) is 20.3. The second-order valence-electron chi connectivity index (χ2n) is 5.68. The van der Waals surface area contributed by atoms with Crippen LogP contribution in [0.15, 0.2) is 55.6 Å². The third-order valence-electron chi connectivity index (χ3n) is 3.71. The normalized spacial score (nSPS) is 11.1. The molecule has 3 aromatic rings. The number of carbonyl (C=O) groups excluding carboxylic acids is 1. The first-order valence-electron chi connectivity index (χ1n) is 8.34. The van der Waals surface area contributed by atoms with Crippen LogP contribution in [0.3, 0.4) is 0 Å². The van der Waals surface area contributed by atoms with E-state index in [9.17, 15) is 14.4 Å². The average Bonchev–Trinajstić information content (AvgIpc) is 2.64. The summed E-state index contributed by atoms with van der Waals surface area (Å²) in [6.45, 7) is 3.44. The van der Waals surface area contributed by atoms with Gasteiger partial charge < -0.3 is 14.5 Å². The van der Waals surface area contributed by atoms with Gasteiger partial charge >= 0.3 is 11.7 Å². The number of carbonyl (C=O) groups is 1. The van der Waals surface area contributed by atoms with Crippen molar-refractivity contribution in [3.8, 4) is 11.5 Å². The summed E-state index contributed by atoms with van der Waals surface area (Å²) in [4.78, 5) is 38.6. The van der Waals surface area contributed by atoms with Crippen molar-refractivity contribution in [2.75, 3.05) is 6.61 Å². The van der Waals surface area contributed by atoms with Gasteiger partial charge in [-0.05, 0) is 47.1 Å². The summed E-state index contributed by atoms with van der Waals surface area (Å²) < 4.78 is 11.9. The molecule has 3 rings (SSSR count). The second-order valence-corrected chi connectivity index (χ2v) is 6.54. The minimum atomic E-state index is -0.655. The van der Waals surface area contributed by atoms with Crippen LogP contribution in [0.1, 0.15) is 19.4 Å². The van der Waals surface area contributed by atoms with Gasteiger partial charge in [-0.3, -0.25) is 9.59 Å². The molecule has 9 heteroatoms. The van der Waals surface area contributed by atoms with Gasteiger partial charge in [-0.2, -0.15) is 5.10 Å². The number of para-hydroxylation sites is 1. The predicted octanol–water partition coefficient (Wildman–Crippen LogP) is 2.66. The first-order valence-corrected chi connectivity index (χ1v) is 9.13. The van der Waals surface area contributed by atoms with E-state index in [1.165, 1.54) is 13.1 Å². The Hall–Kier alpha value is -3.20. The summed E-state index contributed by atoms with van der Waals surface area (Å²) in [5.74, 6) is 0.102. The first kappa shape index (κ1) is 19.6. The third kappa shape index (κ3) is 4.04. The third-order valence-corrected chi connectivity index (χ3v) is 4.40. The molecule has 2 aromatic carbocycles. The zero-order valence-electron chi connectivity index (χ0n) is 15.1. The Morgan fingerprint density at radius 1 is 1.25 bits per heavy atom. The molecule has 144 valence electrons. The van der Waals surface area contributed by atoms with Crippen LogP contribution >= 0.6 is 15.9 Å². The molecule has 0 saturated carbocycles. The van der Waals surface area contributed by atoms with Crippen molar-refractivity contribution in [1.82, 2.24) is 9.66 Å². The molecule has 0 spiro atoms. The van der Waals surface area contributed by atoms with E-state index in [2.05, 4.69) is 26.0 Å². The van der Waals surface area contributed by atoms with Gasteiger partial charge in [-0.15, -0.1) is 4.68 Å². The van der Waals surface area contributed by atoms with Gasteiger partial charge in [0.1, 0.15) is 0 Å². The van der Waals surface area contributed by atoms with Gasteiger partial charge in [0.15, 0.2) is 11.5 Å². The summed E-state index contributed by atoms with van der Waals surface area (Å²) in [7, 11) is 0. The largest absolute Gasteiger partial charge is 0.490 e. The molecule has 0 unspecified atom stereocenters. The van der Waals surface area contributed by atoms with Gasteiger partial charge in [0, 0.05) is 17.0 Å². The van der Waals surface area contributed by atoms with E-state index in [4.69, 9.17) is 9.47 Å². The van der Waals surface area contributed by atoms with E-state index in [0.29, 0.717) is 33.3 Å². The summed E-state index contributed by atoms with van der Waals surface area (Å²) in [5, 5.41) is 4.37. The number of hydrogen-bond acceptors (Lipinski definition) is 6. The smallest absolute Gasteiger partial charge is 0.349 e. The number of nitrogens with one attached hydrogen (secondary N) is 1. The van der Waals surface area contributed by atoms with Crippen LogP contribution in [0.4, 0.5) is 0 Å². The molecule has 0 saturated heterocycles. The SMILES string of the molecule is CCOc1cc(C=Nn2c(=O)[nH]c3ccccc3c2=O)c(Br)cc1OC(C)=O. The van der Waals surface area contributed by atoms with Crippen LogP contribution in [0.5, 0.6) is 11.5 Å². The van der Waals surface area contributed by atoms with Crippen molar-refractivity contribution in [2.45, 2.75) is 13.8 Å². The fourth-order valence-electron chi connectivity index (χ4n) is 2.53. The van der Waals surface area contributed by atoms with Crippen LogP contribution in [-0.2, 0) is 4.79 Å². The number of aromatic nitrogens is 2. The molecule has 0 fully saturated rings. The number of ether oxygens (including phenoxy) is 2. The fourth-order valence-corrected chi connectivity index (χ4v) is 2.96. The van der Waals surface area contributed by atoms with E-state index in [1.54, 1.807) is 43.3 Å². The van der Waals surface area contributed by atoms with E-state index in [1.807, 2.05) is 0 Å². The highest BCUT2D eigenvalue weighted by molar-refractivity contribution is 9.10. The minimum Gasteiger partial charge on any atom is -0.490 e. The Kier molecular flexibility index (Phi) is 5.74. The maximum absolute atomic E-state index is 12.5. The highest BCUT2D eigenvalue weighted by Gasteiger charge is 2.12. The molecule has 28 heavy (non-hydrogen) atoms. The molecule has 8 nitrogen and oxygen atoms in total. The van der Waals surface area contributed by atoms with Crippen LogP contribution in [0.2, 0.25) is 0 Å². The van der Waals surface area contributed by atoms with Crippen LogP contribution in [0, 0.1) is 0 Å². The highest BCUT2D eigenvalue weighted by atomic mass is 79.9. The number of H-pyrrole nitrogens is 1. The lowest BCUT2D eigenvalue weighted by molar-refractivity contribution is -0.132. The number of benzene rings is 2. The van der Waals surface area contributed by atoms with E-state index < -0.39 is 17.2 Å². The van der Waals surface area contributed by atoms with E-state index in [-0.39, 0.29) is 5.75 Å². The van der Waals surface area contributed by atoms with Crippen LogP contribution in [-0.4, -0.2) is 28.5 Å². The van der Waals surface area contributed by atoms with Gasteiger partial charge in [0.25, 0.3) is 5.56 Å². The van der Waals surface area contributed by atoms with Crippen molar-refractivity contribution >= 4 is 39.0 Å². The minimum absolute atomic E-state index is 0.249.